The third kappa shape index (κ3) is 2.47. The molecule has 0 radical (unpaired) electrons. The van der Waals surface area contributed by atoms with Gasteiger partial charge >= 0.3 is 0 Å². The van der Waals surface area contributed by atoms with E-state index in [4.69, 9.17) is 11.6 Å². The fourth-order valence-electron chi connectivity index (χ4n) is 1.98. The monoisotopic (exact) mass is 278 g/mol. The molecule has 0 bridgehead atoms. The SMILES string of the molecule is Cn1ncc(Cl)c1S(=O)(=O)NC1(C)CCNC1. The van der Waals surface area contributed by atoms with Crippen LogP contribution in [0.4, 0.5) is 0 Å². The minimum absolute atomic E-state index is 0.00675. The molecular weight excluding hydrogens is 264 g/mol. The number of aromatic nitrogens is 2. The summed E-state index contributed by atoms with van der Waals surface area (Å²) in [5.41, 5.74) is -0.466. The Labute approximate surface area is 105 Å². The van der Waals surface area contributed by atoms with E-state index in [0.29, 0.717) is 6.54 Å². The second-order valence-electron chi connectivity index (χ2n) is 4.51. The number of hydrogen-bond donors (Lipinski definition) is 2. The highest BCUT2D eigenvalue weighted by Gasteiger charge is 2.35. The van der Waals surface area contributed by atoms with Gasteiger partial charge in [0.1, 0.15) is 0 Å². The molecule has 1 atom stereocenters. The first-order chi connectivity index (χ1) is 7.84. The van der Waals surface area contributed by atoms with Crippen molar-refractivity contribution in [1.82, 2.24) is 19.8 Å². The van der Waals surface area contributed by atoms with Gasteiger partial charge in [-0.15, -0.1) is 0 Å². The lowest BCUT2D eigenvalue weighted by Gasteiger charge is -2.24. The highest BCUT2D eigenvalue weighted by Crippen LogP contribution is 2.23. The minimum atomic E-state index is -3.64. The summed E-state index contributed by atoms with van der Waals surface area (Å²) >= 11 is 5.84. The van der Waals surface area contributed by atoms with E-state index in [-0.39, 0.29) is 10.0 Å². The molecule has 0 aromatic carbocycles. The quantitative estimate of drug-likeness (QED) is 0.822. The van der Waals surface area contributed by atoms with Crippen molar-refractivity contribution in [2.45, 2.75) is 23.9 Å². The topological polar surface area (TPSA) is 76.0 Å². The zero-order valence-electron chi connectivity index (χ0n) is 9.70. The standard InChI is InChI=1S/C9H15ClN4O2S/c1-9(3-4-11-6-9)13-17(15,16)8-7(10)5-12-14(8)2/h5,11,13H,3-4,6H2,1-2H3. The smallest absolute Gasteiger partial charge is 0.259 e. The van der Waals surface area contributed by atoms with Gasteiger partial charge < -0.3 is 5.32 Å². The molecule has 0 spiro atoms. The van der Waals surface area contributed by atoms with Crippen LogP contribution in [0.1, 0.15) is 13.3 Å². The molecule has 2 heterocycles. The van der Waals surface area contributed by atoms with Gasteiger partial charge in [-0.3, -0.25) is 4.68 Å². The Kier molecular flexibility index (Phi) is 3.19. The fourth-order valence-corrected chi connectivity index (χ4v) is 4.07. The summed E-state index contributed by atoms with van der Waals surface area (Å²) in [7, 11) is -2.09. The van der Waals surface area contributed by atoms with Crippen molar-refractivity contribution < 1.29 is 8.42 Å². The normalized spacial score (nSPS) is 25.4. The Morgan fingerprint density at radius 2 is 2.35 bits per heavy atom. The minimum Gasteiger partial charge on any atom is -0.315 e. The number of nitrogens with zero attached hydrogens (tertiary/aromatic N) is 2. The van der Waals surface area contributed by atoms with Crippen molar-refractivity contribution in [3.8, 4) is 0 Å². The summed E-state index contributed by atoms with van der Waals surface area (Å²) in [5, 5.41) is 7.10. The van der Waals surface area contributed by atoms with Crippen LogP contribution in [-0.2, 0) is 17.1 Å². The second kappa shape index (κ2) is 4.24. The summed E-state index contributed by atoms with van der Waals surface area (Å²) in [4.78, 5) is 0. The van der Waals surface area contributed by atoms with Crippen LogP contribution < -0.4 is 10.0 Å². The molecule has 96 valence electrons. The molecule has 1 aliphatic heterocycles. The van der Waals surface area contributed by atoms with E-state index in [1.54, 1.807) is 7.05 Å². The number of rotatable bonds is 3. The largest absolute Gasteiger partial charge is 0.315 e. The van der Waals surface area contributed by atoms with Gasteiger partial charge in [0.05, 0.1) is 11.2 Å². The summed E-state index contributed by atoms with van der Waals surface area (Å²) in [6.07, 6.45) is 2.08. The molecule has 2 N–H and O–H groups in total. The lowest BCUT2D eigenvalue weighted by atomic mass is 10.0. The Morgan fingerprint density at radius 1 is 1.65 bits per heavy atom. The number of nitrogens with one attached hydrogen (secondary N) is 2. The molecule has 0 amide bonds. The van der Waals surface area contributed by atoms with E-state index in [9.17, 15) is 8.42 Å². The molecule has 1 aromatic rings. The molecule has 2 rings (SSSR count). The number of sulfonamides is 1. The summed E-state index contributed by atoms with van der Waals surface area (Å²) < 4.78 is 28.4. The van der Waals surface area contributed by atoms with E-state index < -0.39 is 15.6 Å². The Balaban J connectivity index is 2.31. The van der Waals surface area contributed by atoms with Crippen LogP contribution in [0.2, 0.25) is 5.02 Å². The van der Waals surface area contributed by atoms with Crippen molar-refractivity contribution in [3.63, 3.8) is 0 Å². The van der Waals surface area contributed by atoms with Gasteiger partial charge in [-0.25, -0.2) is 13.1 Å². The maximum atomic E-state index is 12.2. The predicted molar refractivity (Wildman–Crippen MR) is 64.4 cm³/mol. The number of aryl methyl sites for hydroxylation is 1. The lowest BCUT2D eigenvalue weighted by Crippen LogP contribution is -2.47. The molecule has 1 aromatic heterocycles. The average Bonchev–Trinajstić information content (AvgIpc) is 2.73. The second-order valence-corrected chi connectivity index (χ2v) is 6.52. The number of hydrogen-bond acceptors (Lipinski definition) is 4. The first-order valence-corrected chi connectivity index (χ1v) is 7.12. The van der Waals surface area contributed by atoms with Gasteiger partial charge in [0.15, 0.2) is 5.03 Å². The molecule has 6 nitrogen and oxygen atoms in total. The maximum absolute atomic E-state index is 12.2. The maximum Gasteiger partial charge on any atom is 0.259 e. The molecule has 1 fully saturated rings. The summed E-state index contributed by atoms with van der Waals surface area (Å²) in [5.74, 6) is 0. The molecule has 1 aliphatic rings. The van der Waals surface area contributed by atoms with Gasteiger partial charge in [-0.1, -0.05) is 11.6 Å². The number of halogens is 1. The van der Waals surface area contributed by atoms with E-state index in [2.05, 4.69) is 15.1 Å². The molecule has 0 aliphatic carbocycles. The Bertz CT molecular complexity index is 500. The van der Waals surface area contributed by atoms with Crippen LogP contribution in [0, 0.1) is 0 Å². The molecule has 0 saturated carbocycles. The molecule has 17 heavy (non-hydrogen) atoms. The van der Waals surface area contributed by atoms with E-state index in [1.807, 2.05) is 6.92 Å². The first-order valence-electron chi connectivity index (χ1n) is 5.26. The van der Waals surface area contributed by atoms with Crippen LogP contribution in [-0.4, -0.2) is 36.8 Å². The van der Waals surface area contributed by atoms with Gasteiger partial charge in [0.2, 0.25) is 0 Å². The Morgan fingerprint density at radius 3 is 2.82 bits per heavy atom. The lowest BCUT2D eigenvalue weighted by molar-refractivity contribution is 0.448. The van der Waals surface area contributed by atoms with Gasteiger partial charge in [-0.2, -0.15) is 5.10 Å². The molecule has 1 saturated heterocycles. The van der Waals surface area contributed by atoms with Gasteiger partial charge in [-0.05, 0) is 19.9 Å². The summed E-state index contributed by atoms with van der Waals surface area (Å²) in [6.45, 7) is 3.29. The van der Waals surface area contributed by atoms with E-state index in [0.717, 1.165) is 13.0 Å². The highest BCUT2D eigenvalue weighted by molar-refractivity contribution is 7.89. The van der Waals surface area contributed by atoms with Gasteiger partial charge in [0, 0.05) is 19.1 Å². The zero-order valence-corrected chi connectivity index (χ0v) is 11.3. The van der Waals surface area contributed by atoms with Crippen LogP contribution in [0.3, 0.4) is 0 Å². The molecular formula is C9H15ClN4O2S. The van der Waals surface area contributed by atoms with Crippen LogP contribution in [0.5, 0.6) is 0 Å². The van der Waals surface area contributed by atoms with Crippen molar-refractivity contribution in [2.75, 3.05) is 13.1 Å². The third-order valence-corrected chi connectivity index (χ3v) is 4.99. The summed E-state index contributed by atoms with van der Waals surface area (Å²) in [6, 6.07) is 0. The third-order valence-electron chi connectivity index (χ3n) is 2.85. The first kappa shape index (κ1) is 12.8. The highest BCUT2D eigenvalue weighted by atomic mass is 35.5. The average molecular weight is 279 g/mol. The molecule has 8 heteroatoms. The van der Waals surface area contributed by atoms with Crippen LogP contribution in [0.15, 0.2) is 11.2 Å². The van der Waals surface area contributed by atoms with Crippen LogP contribution in [0.25, 0.3) is 0 Å². The molecule has 1 unspecified atom stereocenters. The van der Waals surface area contributed by atoms with Crippen molar-refractivity contribution in [2.24, 2.45) is 7.05 Å². The predicted octanol–water partition coefficient (Wildman–Crippen LogP) is 0.104. The van der Waals surface area contributed by atoms with Crippen molar-refractivity contribution >= 4 is 21.6 Å². The van der Waals surface area contributed by atoms with Gasteiger partial charge in [0.25, 0.3) is 10.0 Å². The van der Waals surface area contributed by atoms with Crippen molar-refractivity contribution in [3.05, 3.63) is 11.2 Å². The Hall–Kier alpha value is -0.630. The zero-order chi connectivity index (χ0) is 12.7. The van der Waals surface area contributed by atoms with E-state index >= 15 is 0 Å². The van der Waals surface area contributed by atoms with Crippen molar-refractivity contribution in [1.29, 1.82) is 0 Å². The van der Waals surface area contributed by atoms with E-state index in [1.165, 1.54) is 10.9 Å². The van der Waals surface area contributed by atoms with Crippen LogP contribution >= 0.6 is 11.6 Å². The fraction of sp³-hybridized carbons (Fsp3) is 0.667.